The first-order valence-electron chi connectivity index (χ1n) is 7.51. The van der Waals surface area contributed by atoms with Crippen LogP contribution in [0.3, 0.4) is 0 Å². The average molecular weight is 347 g/mol. The van der Waals surface area contributed by atoms with Gasteiger partial charge in [-0.15, -0.1) is 0 Å². The second kappa shape index (κ2) is 6.24. The number of hydrogen-bond acceptors (Lipinski definition) is 2. The Bertz CT molecular complexity index is 838. The molecular formula is C18H16ClFN2O2. The number of nitrogens with zero attached hydrogens (tertiary/aromatic N) is 1. The highest BCUT2D eigenvalue weighted by Crippen LogP contribution is 2.28. The molecule has 1 atom stereocenters. The summed E-state index contributed by atoms with van der Waals surface area (Å²) in [6.07, 6.45) is 0.318. The van der Waals surface area contributed by atoms with E-state index in [1.807, 2.05) is 24.3 Å². The lowest BCUT2D eigenvalue weighted by Gasteiger charge is -2.35. The van der Waals surface area contributed by atoms with Crippen LogP contribution in [0.2, 0.25) is 5.02 Å². The first kappa shape index (κ1) is 16.5. The second-order valence-corrected chi connectivity index (χ2v) is 6.26. The first-order chi connectivity index (χ1) is 11.4. The summed E-state index contributed by atoms with van der Waals surface area (Å²) in [7, 11) is 0. The van der Waals surface area contributed by atoms with Crippen molar-refractivity contribution in [3.63, 3.8) is 0 Å². The van der Waals surface area contributed by atoms with Gasteiger partial charge in [0.1, 0.15) is 6.04 Å². The van der Waals surface area contributed by atoms with E-state index >= 15 is 0 Å². The number of benzene rings is 2. The van der Waals surface area contributed by atoms with Gasteiger partial charge in [-0.05, 0) is 29.7 Å². The molecule has 124 valence electrons. The molecule has 0 unspecified atom stereocenters. The highest BCUT2D eigenvalue weighted by atomic mass is 35.5. The second-order valence-electron chi connectivity index (χ2n) is 5.88. The van der Waals surface area contributed by atoms with Crippen molar-refractivity contribution < 1.29 is 14.0 Å². The van der Waals surface area contributed by atoms with Gasteiger partial charge in [-0.25, -0.2) is 4.39 Å². The molecular weight excluding hydrogens is 331 g/mol. The summed E-state index contributed by atoms with van der Waals surface area (Å²) in [5, 5.41) is -0.0890. The summed E-state index contributed by atoms with van der Waals surface area (Å²) in [5.74, 6) is -1.98. The molecule has 0 bridgehead atoms. The van der Waals surface area contributed by atoms with Crippen molar-refractivity contribution >= 4 is 23.4 Å². The van der Waals surface area contributed by atoms with Crippen molar-refractivity contribution in [1.29, 1.82) is 0 Å². The van der Waals surface area contributed by atoms with Crippen molar-refractivity contribution in [2.75, 3.05) is 0 Å². The molecule has 2 amide bonds. The molecule has 3 rings (SSSR count). The molecule has 1 aliphatic heterocycles. The highest BCUT2D eigenvalue weighted by molar-refractivity contribution is 6.31. The third-order valence-corrected chi connectivity index (χ3v) is 4.81. The molecule has 0 spiro atoms. The average Bonchev–Trinajstić information content (AvgIpc) is 2.58. The third kappa shape index (κ3) is 2.76. The lowest BCUT2D eigenvalue weighted by Crippen LogP contribution is -2.51. The van der Waals surface area contributed by atoms with Crippen LogP contribution < -0.4 is 5.73 Å². The maximum Gasteiger partial charge on any atom is 0.257 e. The number of primary amides is 1. The summed E-state index contributed by atoms with van der Waals surface area (Å²) in [4.78, 5) is 26.0. The van der Waals surface area contributed by atoms with E-state index in [9.17, 15) is 14.0 Å². The van der Waals surface area contributed by atoms with Crippen LogP contribution in [0.25, 0.3) is 0 Å². The molecule has 0 aliphatic carbocycles. The monoisotopic (exact) mass is 346 g/mol. The number of carbonyl (C=O) groups excluding carboxylic acids is 2. The molecule has 0 aromatic heterocycles. The lowest BCUT2D eigenvalue weighted by molar-refractivity contribution is -0.122. The van der Waals surface area contributed by atoms with E-state index in [2.05, 4.69) is 0 Å². The van der Waals surface area contributed by atoms with Crippen LogP contribution in [0.1, 0.15) is 27.0 Å². The quantitative estimate of drug-likeness (QED) is 0.908. The molecule has 2 aromatic carbocycles. The number of amides is 2. The number of nitrogens with two attached hydrogens (primary N) is 1. The van der Waals surface area contributed by atoms with E-state index in [-0.39, 0.29) is 17.1 Å². The number of rotatable bonds is 2. The van der Waals surface area contributed by atoms with Crippen LogP contribution in [-0.4, -0.2) is 22.8 Å². The van der Waals surface area contributed by atoms with E-state index in [1.165, 1.54) is 11.0 Å². The number of aryl methyl sites for hydroxylation is 1. The molecule has 1 heterocycles. The number of carbonyl (C=O) groups is 2. The minimum atomic E-state index is -0.813. The van der Waals surface area contributed by atoms with Crippen LogP contribution in [-0.2, 0) is 17.8 Å². The smallest absolute Gasteiger partial charge is 0.257 e. The molecule has 24 heavy (non-hydrogen) atoms. The summed E-state index contributed by atoms with van der Waals surface area (Å²) >= 11 is 5.91. The predicted molar refractivity (Wildman–Crippen MR) is 89.1 cm³/mol. The summed E-state index contributed by atoms with van der Waals surface area (Å²) in [5.41, 5.74) is 7.74. The Hall–Kier alpha value is -2.40. The molecule has 2 aromatic rings. The third-order valence-electron chi connectivity index (χ3n) is 4.34. The topological polar surface area (TPSA) is 63.4 Å². The van der Waals surface area contributed by atoms with Gasteiger partial charge in [0.05, 0.1) is 10.6 Å². The fourth-order valence-electron chi connectivity index (χ4n) is 2.96. The molecule has 0 fully saturated rings. The molecule has 0 radical (unpaired) electrons. The van der Waals surface area contributed by atoms with E-state index in [0.29, 0.717) is 12.0 Å². The van der Waals surface area contributed by atoms with Gasteiger partial charge >= 0.3 is 0 Å². The number of halogens is 2. The zero-order valence-corrected chi connectivity index (χ0v) is 13.8. The lowest BCUT2D eigenvalue weighted by atomic mass is 9.93. The van der Waals surface area contributed by atoms with E-state index in [1.54, 1.807) is 13.0 Å². The van der Waals surface area contributed by atoms with Gasteiger partial charge in [-0.3, -0.25) is 9.59 Å². The number of fused-ring (bicyclic) bond motifs is 1. The zero-order chi connectivity index (χ0) is 17.4. The van der Waals surface area contributed by atoms with Crippen molar-refractivity contribution in [2.45, 2.75) is 25.9 Å². The van der Waals surface area contributed by atoms with E-state index in [0.717, 1.165) is 11.1 Å². The Kier molecular flexibility index (Phi) is 4.28. The van der Waals surface area contributed by atoms with Gasteiger partial charge in [0, 0.05) is 13.0 Å². The minimum absolute atomic E-state index is 0.0890. The first-order valence-corrected chi connectivity index (χ1v) is 7.89. The zero-order valence-electron chi connectivity index (χ0n) is 13.1. The Labute approximate surface area is 144 Å². The Morgan fingerprint density at radius 3 is 2.54 bits per heavy atom. The molecule has 4 nitrogen and oxygen atoms in total. The highest BCUT2D eigenvalue weighted by Gasteiger charge is 2.35. The van der Waals surface area contributed by atoms with Gasteiger partial charge in [-0.2, -0.15) is 0 Å². The Balaban J connectivity index is 2.02. The van der Waals surface area contributed by atoms with Gasteiger partial charge in [0.2, 0.25) is 5.91 Å². The molecule has 2 N–H and O–H groups in total. The van der Waals surface area contributed by atoms with Crippen LogP contribution in [0, 0.1) is 12.7 Å². The Morgan fingerprint density at radius 1 is 1.21 bits per heavy atom. The fraction of sp³-hybridized carbons (Fsp3) is 0.222. The number of hydrogen-bond donors (Lipinski definition) is 1. The van der Waals surface area contributed by atoms with Crippen LogP contribution >= 0.6 is 11.6 Å². The summed E-state index contributed by atoms with van der Waals surface area (Å²) in [6, 6.07) is 9.66. The van der Waals surface area contributed by atoms with Gasteiger partial charge in [-0.1, -0.05) is 41.9 Å². The predicted octanol–water partition coefficient (Wildman–Crippen LogP) is 2.84. The van der Waals surface area contributed by atoms with E-state index < -0.39 is 23.7 Å². The van der Waals surface area contributed by atoms with Crippen LogP contribution in [0.4, 0.5) is 4.39 Å². The minimum Gasteiger partial charge on any atom is -0.368 e. The van der Waals surface area contributed by atoms with Gasteiger partial charge < -0.3 is 10.6 Å². The molecule has 0 saturated heterocycles. The van der Waals surface area contributed by atoms with Crippen LogP contribution in [0.15, 0.2) is 36.4 Å². The molecule has 6 heteroatoms. The van der Waals surface area contributed by atoms with Gasteiger partial charge in [0.15, 0.2) is 5.82 Å². The van der Waals surface area contributed by atoms with Crippen molar-refractivity contribution in [2.24, 2.45) is 5.73 Å². The molecule has 0 saturated carbocycles. The largest absolute Gasteiger partial charge is 0.368 e. The van der Waals surface area contributed by atoms with Crippen molar-refractivity contribution in [3.05, 3.63) is 69.5 Å². The Morgan fingerprint density at radius 2 is 1.88 bits per heavy atom. The summed E-state index contributed by atoms with van der Waals surface area (Å²) in [6.45, 7) is 1.86. The SMILES string of the molecule is Cc1ccc(C(=O)N2Cc3ccccc3C[C@H]2C(N)=O)c(F)c1Cl. The van der Waals surface area contributed by atoms with Crippen LogP contribution in [0.5, 0.6) is 0 Å². The summed E-state index contributed by atoms with van der Waals surface area (Å²) < 4.78 is 14.4. The van der Waals surface area contributed by atoms with Crippen molar-refractivity contribution in [1.82, 2.24) is 4.90 Å². The fourth-order valence-corrected chi connectivity index (χ4v) is 3.12. The van der Waals surface area contributed by atoms with E-state index in [4.69, 9.17) is 17.3 Å². The normalized spacial score (nSPS) is 16.6. The maximum atomic E-state index is 14.4. The van der Waals surface area contributed by atoms with Gasteiger partial charge in [0.25, 0.3) is 5.91 Å². The molecule has 1 aliphatic rings. The standard InChI is InChI=1S/C18H16ClFN2O2/c1-10-6-7-13(16(20)15(10)19)18(24)22-9-12-5-3-2-4-11(12)8-14(22)17(21)23/h2-7,14H,8-9H2,1H3,(H2,21,23)/t14-/m0/s1. The maximum absolute atomic E-state index is 14.4. The van der Waals surface area contributed by atoms with Crippen molar-refractivity contribution in [3.8, 4) is 0 Å².